The number of hydrogen-bond donors (Lipinski definition) is 2. The van der Waals surface area contributed by atoms with E-state index in [2.05, 4.69) is 37.7 Å². The molecule has 6 heteroatoms. The smallest absolute Gasteiger partial charge is 0.267 e. The lowest BCUT2D eigenvalue weighted by molar-refractivity contribution is 0.0954. The summed E-state index contributed by atoms with van der Waals surface area (Å²) in [6.45, 7) is 0. The van der Waals surface area contributed by atoms with Gasteiger partial charge < -0.3 is 0 Å². The van der Waals surface area contributed by atoms with Crippen LogP contribution in [0.1, 0.15) is 10.4 Å². The molecule has 1 rings (SSSR count). The minimum Gasteiger partial charge on any atom is -0.290 e. The third-order valence-corrected chi connectivity index (χ3v) is 2.23. The number of hydrazine groups is 1. The van der Waals surface area contributed by atoms with E-state index in [1.165, 1.54) is 2.95 Å². The molecule has 0 radical (unpaired) electrons. The van der Waals surface area contributed by atoms with E-state index in [0.29, 0.717) is 11.3 Å². The van der Waals surface area contributed by atoms with Crippen LogP contribution in [0.25, 0.3) is 0 Å². The fraction of sp³-hybridized carbons (Fsp3) is 0. The van der Waals surface area contributed by atoms with E-state index in [1.54, 1.807) is 18.2 Å². The van der Waals surface area contributed by atoms with Crippen molar-refractivity contribution in [3.05, 3.63) is 29.8 Å². The first-order valence-electron chi connectivity index (χ1n) is 3.38. The van der Waals surface area contributed by atoms with Crippen LogP contribution in [0.5, 0.6) is 0 Å². The number of nitrogen functional groups attached to an aromatic ring is 1. The van der Waals surface area contributed by atoms with Crippen molar-refractivity contribution < 1.29 is 4.79 Å². The van der Waals surface area contributed by atoms with Crippen molar-refractivity contribution in [1.29, 1.82) is 0 Å². The van der Waals surface area contributed by atoms with Crippen molar-refractivity contribution in [2.75, 3.05) is 2.95 Å². The molecule has 13 heavy (non-hydrogen) atoms. The monoisotopic (exact) mass is 307 g/mol. The standard InChI is InChI=1S/C7H7Br2N3O/c8-12(9)6-4-2-1-3-5(6)7(13)11-10/h1-4H,10H2,(H,11,13). The zero-order chi connectivity index (χ0) is 9.84. The zero-order valence-electron chi connectivity index (χ0n) is 6.50. The SMILES string of the molecule is NNC(=O)c1ccccc1N(Br)Br. The molecule has 0 aliphatic carbocycles. The highest BCUT2D eigenvalue weighted by Crippen LogP contribution is 2.25. The van der Waals surface area contributed by atoms with Crippen LogP contribution in [0.2, 0.25) is 0 Å². The Kier molecular flexibility index (Phi) is 3.71. The summed E-state index contributed by atoms with van der Waals surface area (Å²) in [5.41, 5.74) is 3.24. The summed E-state index contributed by atoms with van der Waals surface area (Å²) in [7, 11) is 0. The largest absolute Gasteiger partial charge is 0.290 e. The molecular formula is C7H7Br2N3O. The molecule has 1 aromatic carbocycles. The molecule has 0 heterocycles. The quantitative estimate of drug-likeness (QED) is 0.378. The third kappa shape index (κ3) is 2.43. The second-order valence-electron chi connectivity index (χ2n) is 2.22. The van der Waals surface area contributed by atoms with E-state index in [-0.39, 0.29) is 5.91 Å². The Bertz CT molecular complexity index is 316. The minimum absolute atomic E-state index is 0.334. The van der Waals surface area contributed by atoms with Gasteiger partial charge in [0.25, 0.3) is 5.91 Å². The number of amides is 1. The molecule has 0 aliphatic heterocycles. The number of carbonyl (C=O) groups excluding carboxylic acids is 1. The predicted octanol–water partition coefficient (Wildman–Crippen LogP) is 1.72. The Balaban J connectivity index is 3.12. The molecule has 0 spiro atoms. The number of hydrogen-bond acceptors (Lipinski definition) is 3. The fourth-order valence-electron chi connectivity index (χ4n) is 0.891. The van der Waals surface area contributed by atoms with Crippen molar-refractivity contribution in [1.82, 2.24) is 5.43 Å². The highest BCUT2D eigenvalue weighted by atomic mass is 79.9. The first-order chi connectivity index (χ1) is 6.16. The van der Waals surface area contributed by atoms with Crippen LogP contribution in [0, 0.1) is 0 Å². The fourth-order valence-corrected chi connectivity index (χ4v) is 1.51. The van der Waals surface area contributed by atoms with Gasteiger partial charge in [0.1, 0.15) is 0 Å². The van der Waals surface area contributed by atoms with Gasteiger partial charge in [0, 0.05) is 0 Å². The number of rotatable bonds is 2. The second-order valence-corrected chi connectivity index (χ2v) is 4.59. The van der Waals surface area contributed by atoms with Gasteiger partial charge in [-0.1, -0.05) is 12.1 Å². The number of nitrogens with one attached hydrogen (secondary N) is 1. The van der Waals surface area contributed by atoms with Crippen LogP contribution in [-0.4, -0.2) is 5.91 Å². The molecule has 0 saturated heterocycles. The Hall–Kier alpha value is -0.590. The second kappa shape index (κ2) is 4.59. The molecule has 0 fully saturated rings. The Labute approximate surface area is 92.7 Å². The highest BCUT2D eigenvalue weighted by Gasteiger charge is 2.11. The van der Waals surface area contributed by atoms with E-state index in [4.69, 9.17) is 5.84 Å². The number of para-hydroxylation sites is 1. The van der Waals surface area contributed by atoms with Crippen LogP contribution >= 0.6 is 32.3 Å². The summed E-state index contributed by atoms with van der Waals surface area (Å²) in [5, 5.41) is 0. The Morgan fingerprint density at radius 2 is 2.00 bits per heavy atom. The first kappa shape index (κ1) is 10.5. The van der Waals surface area contributed by atoms with Gasteiger partial charge in [-0.05, 0) is 12.1 Å². The first-order valence-corrected chi connectivity index (χ1v) is 4.80. The molecule has 0 saturated carbocycles. The Morgan fingerprint density at radius 3 is 2.54 bits per heavy atom. The van der Waals surface area contributed by atoms with Crippen LogP contribution in [0.3, 0.4) is 0 Å². The van der Waals surface area contributed by atoms with Gasteiger partial charge in [0.2, 0.25) is 0 Å². The van der Waals surface area contributed by atoms with Crippen LogP contribution in [0.15, 0.2) is 24.3 Å². The molecule has 0 bridgehead atoms. The van der Waals surface area contributed by atoms with Crippen molar-refractivity contribution in [2.45, 2.75) is 0 Å². The average molecular weight is 309 g/mol. The van der Waals surface area contributed by atoms with E-state index in [1.807, 2.05) is 6.07 Å². The Morgan fingerprint density at radius 1 is 1.38 bits per heavy atom. The molecule has 1 aromatic rings. The molecular weight excluding hydrogens is 302 g/mol. The van der Waals surface area contributed by atoms with Crippen LogP contribution in [0.4, 0.5) is 5.69 Å². The summed E-state index contributed by atoms with van der Waals surface area (Å²) in [5.74, 6) is 4.69. The van der Waals surface area contributed by atoms with Crippen molar-refractivity contribution in [3.63, 3.8) is 0 Å². The van der Waals surface area contributed by atoms with Gasteiger partial charge in [-0.3, -0.25) is 10.2 Å². The van der Waals surface area contributed by atoms with Crippen LogP contribution < -0.4 is 14.2 Å². The normalized spacial score (nSPS) is 9.46. The number of halogens is 2. The maximum Gasteiger partial charge on any atom is 0.267 e. The summed E-state index contributed by atoms with van der Waals surface area (Å²) in [6.07, 6.45) is 0. The van der Waals surface area contributed by atoms with Gasteiger partial charge >= 0.3 is 0 Å². The summed E-state index contributed by atoms with van der Waals surface area (Å²) in [6, 6.07) is 7.02. The number of carbonyl (C=O) groups is 1. The topological polar surface area (TPSA) is 58.4 Å². The average Bonchev–Trinajstić information content (AvgIpc) is 2.16. The van der Waals surface area contributed by atoms with E-state index < -0.39 is 0 Å². The predicted molar refractivity (Wildman–Crippen MR) is 58.4 cm³/mol. The summed E-state index contributed by atoms with van der Waals surface area (Å²) < 4.78 is 1.49. The number of benzene rings is 1. The molecule has 0 atom stereocenters. The van der Waals surface area contributed by atoms with Crippen LogP contribution in [-0.2, 0) is 0 Å². The maximum atomic E-state index is 11.2. The lowest BCUT2D eigenvalue weighted by Gasteiger charge is -2.11. The van der Waals surface area contributed by atoms with Crippen molar-refractivity contribution >= 4 is 43.9 Å². The van der Waals surface area contributed by atoms with E-state index >= 15 is 0 Å². The molecule has 0 unspecified atom stereocenters. The maximum absolute atomic E-state index is 11.2. The van der Waals surface area contributed by atoms with Gasteiger partial charge in [0.05, 0.1) is 43.5 Å². The molecule has 0 aromatic heterocycles. The zero-order valence-corrected chi connectivity index (χ0v) is 9.67. The van der Waals surface area contributed by atoms with Crippen molar-refractivity contribution in [2.24, 2.45) is 5.84 Å². The van der Waals surface area contributed by atoms with Crippen molar-refractivity contribution in [3.8, 4) is 0 Å². The van der Waals surface area contributed by atoms with E-state index in [9.17, 15) is 4.79 Å². The summed E-state index contributed by atoms with van der Waals surface area (Å²) >= 11 is 6.32. The number of nitrogens with zero attached hydrogens (tertiary/aromatic N) is 1. The van der Waals surface area contributed by atoms with Gasteiger partial charge in [-0.25, -0.2) is 8.79 Å². The van der Waals surface area contributed by atoms with E-state index in [0.717, 1.165) is 0 Å². The van der Waals surface area contributed by atoms with Gasteiger partial charge in [-0.15, -0.1) is 0 Å². The molecule has 3 N–H and O–H groups in total. The number of nitrogens with two attached hydrogens (primary N) is 1. The lowest BCUT2D eigenvalue weighted by atomic mass is 10.2. The molecule has 1 amide bonds. The highest BCUT2D eigenvalue weighted by molar-refractivity contribution is 9.25. The molecule has 0 aliphatic rings. The van der Waals surface area contributed by atoms with Gasteiger partial charge in [-0.2, -0.15) is 0 Å². The third-order valence-electron chi connectivity index (χ3n) is 1.46. The van der Waals surface area contributed by atoms with Gasteiger partial charge in [0.15, 0.2) is 0 Å². The number of anilines is 1. The minimum atomic E-state index is -0.334. The summed E-state index contributed by atoms with van der Waals surface area (Å²) in [4.78, 5) is 11.2. The molecule has 70 valence electrons. The lowest BCUT2D eigenvalue weighted by Crippen LogP contribution is -2.30. The molecule has 4 nitrogen and oxygen atoms in total.